The van der Waals surface area contributed by atoms with Gasteiger partial charge in [0.1, 0.15) is 24.4 Å². The quantitative estimate of drug-likeness (QED) is 0.0555. The van der Waals surface area contributed by atoms with Crippen molar-refractivity contribution in [1.29, 1.82) is 0 Å². The highest BCUT2D eigenvalue weighted by Crippen LogP contribution is 2.40. The van der Waals surface area contributed by atoms with Crippen LogP contribution in [-0.4, -0.2) is 119 Å². The third-order valence-corrected chi connectivity index (χ3v) is 15.4. The van der Waals surface area contributed by atoms with Gasteiger partial charge in [-0.2, -0.15) is 0 Å². The lowest BCUT2D eigenvalue weighted by Gasteiger charge is -2.51. The fourth-order valence-electron chi connectivity index (χ4n) is 13.4. The van der Waals surface area contributed by atoms with E-state index in [2.05, 4.69) is 150 Å². The van der Waals surface area contributed by atoms with E-state index in [1.807, 2.05) is 0 Å². The van der Waals surface area contributed by atoms with E-state index in [1.54, 1.807) is 24.3 Å². The average Bonchev–Trinajstić information content (AvgIpc) is 3.44. The maximum Gasteiger partial charge on any atom is 0.376 e. The van der Waals surface area contributed by atoms with E-state index in [9.17, 15) is 24.0 Å². The first-order valence-electron chi connectivity index (χ1n) is 28.2. The smallest absolute Gasteiger partial charge is 0.376 e. The number of piperidine rings is 4. The second-order valence-corrected chi connectivity index (χ2v) is 27.5. The second kappa shape index (κ2) is 22.9. The van der Waals surface area contributed by atoms with Crippen LogP contribution in [0.5, 0.6) is 5.75 Å². The number of esters is 5. The molecule has 18 heteroatoms. The first-order valence-corrected chi connectivity index (χ1v) is 28.2. The van der Waals surface area contributed by atoms with Crippen LogP contribution < -0.4 is 26.0 Å². The topological polar surface area (TPSA) is 231 Å². The largest absolute Gasteiger partial charge is 0.459 e. The van der Waals surface area contributed by atoms with Gasteiger partial charge in [0.05, 0.1) is 34.6 Å². The Morgan fingerprint density at radius 1 is 0.395 bits per heavy atom. The lowest BCUT2D eigenvalue weighted by Crippen LogP contribution is -2.64. The molecule has 18 nitrogen and oxygen atoms in total. The minimum Gasteiger partial charge on any atom is -0.459 e. The van der Waals surface area contributed by atoms with E-state index < -0.39 is 47.2 Å². The number of hydrogen-bond acceptors (Lipinski definition) is 18. The van der Waals surface area contributed by atoms with Gasteiger partial charge in [0.2, 0.25) is 11.6 Å². The first kappa shape index (κ1) is 60.4. The molecular formula is C63H82N8O10. The molecule has 0 bridgehead atoms. The van der Waals surface area contributed by atoms with Gasteiger partial charge >= 0.3 is 29.8 Å². The summed E-state index contributed by atoms with van der Waals surface area (Å²) in [7, 11) is 0. The van der Waals surface area contributed by atoms with Gasteiger partial charge in [-0.15, -0.1) is 0 Å². The first-order chi connectivity index (χ1) is 37.6. The van der Waals surface area contributed by atoms with E-state index >= 15 is 0 Å². The minimum absolute atomic E-state index is 0.0318. The summed E-state index contributed by atoms with van der Waals surface area (Å²) in [5.74, 6) is 3.09. The van der Waals surface area contributed by atoms with E-state index in [0.717, 1.165) is 12.8 Å². The molecule has 434 valence electrons. The molecule has 4 saturated heterocycles. The predicted octanol–water partition coefficient (Wildman–Crippen LogP) is 9.19. The van der Waals surface area contributed by atoms with Crippen molar-refractivity contribution in [3.05, 3.63) is 113 Å². The van der Waals surface area contributed by atoms with Gasteiger partial charge in [-0.05, 0) is 158 Å². The Kier molecular flexibility index (Phi) is 17.1. The summed E-state index contributed by atoms with van der Waals surface area (Å²) in [5.41, 5.74) is -0.0954. The molecule has 4 aliphatic rings. The van der Waals surface area contributed by atoms with Crippen molar-refractivity contribution in [3.8, 4) is 17.6 Å². The van der Waals surface area contributed by atoms with Crippen LogP contribution in [-0.2, 0) is 18.9 Å². The second-order valence-electron chi connectivity index (χ2n) is 27.5. The van der Waals surface area contributed by atoms with E-state index in [1.165, 1.54) is 49.1 Å². The fourth-order valence-corrected chi connectivity index (χ4v) is 13.4. The Hall–Kier alpha value is -6.65. The summed E-state index contributed by atoms with van der Waals surface area (Å²) in [6.07, 6.45) is 10.6. The highest BCUT2D eigenvalue weighted by Gasteiger charge is 2.47. The summed E-state index contributed by atoms with van der Waals surface area (Å²) in [6, 6.07) is 13.0. The van der Waals surface area contributed by atoms with Gasteiger partial charge in [0, 0.05) is 114 Å². The number of rotatable bonds is 13. The van der Waals surface area contributed by atoms with Gasteiger partial charge < -0.3 is 45.0 Å². The zero-order valence-electron chi connectivity index (χ0n) is 49.7. The Balaban J connectivity index is 0.801. The maximum atomic E-state index is 13.5. The third kappa shape index (κ3) is 16.7. The summed E-state index contributed by atoms with van der Waals surface area (Å²) in [5, 5.41) is 14.8. The summed E-state index contributed by atoms with van der Waals surface area (Å²) < 4.78 is 29.5. The van der Waals surface area contributed by atoms with Gasteiger partial charge in [-0.1, -0.05) is 11.8 Å². The third-order valence-electron chi connectivity index (χ3n) is 15.4. The molecule has 4 atom stereocenters. The molecule has 0 aliphatic carbocycles. The molecule has 0 saturated carbocycles. The van der Waals surface area contributed by atoms with Crippen molar-refractivity contribution < 1.29 is 47.7 Å². The monoisotopic (exact) mass is 1110 g/mol. The maximum absolute atomic E-state index is 13.5. The zero-order valence-corrected chi connectivity index (χ0v) is 49.7. The molecule has 0 amide bonds. The van der Waals surface area contributed by atoms with Crippen LogP contribution in [0, 0.1) is 11.8 Å². The fraction of sp³-hybridized carbons (Fsp3) is 0.571. The van der Waals surface area contributed by atoms with Crippen LogP contribution in [0.1, 0.15) is 225 Å². The molecule has 2 aromatic carbocycles. The van der Waals surface area contributed by atoms with Crippen LogP contribution in [0.15, 0.2) is 73.3 Å². The van der Waals surface area contributed by atoms with E-state index in [4.69, 9.17) is 23.7 Å². The lowest BCUT2D eigenvalue weighted by molar-refractivity contribution is -0.0245. The standard InChI is InChI=1S/C63H82N8O10/c1-56(2)27-44(28-57(3,4)68-56)77-51(72)41-19-17-39(18-20-41)15-16-40-35-64-49(65-36-40)54(75)79-46-31-60(9,10)70-62(13,33-46)25-26-63(14)34-47(32-61(11,12)71-63)80-55(76)50-66-37-48(38-67-50)81-53(74)43-23-21-42(22-24-43)52(73)78-45-29-58(5,6)69-59(7,8)30-45/h17-24,35-38,44-47,68-71H,25-34H2,1-14H3. The van der Waals surface area contributed by atoms with Gasteiger partial charge in [-0.25, -0.2) is 43.9 Å². The predicted molar refractivity (Wildman–Crippen MR) is 305 cm³/mol. The highest BCUT2D eigenvalue weighted by atomic mass is 16.6. The van der Waals surface area contributed by atoms with Gasteiger partial charge in [0.25, 0.3) is 0 Å². The van der Waals surface area contributed by atoms with Crippen LogP contribution in [0.2, 0.25) is 0 Å². The van der Waals surface area contributed by atoms with Crippen molar-refractivity contribution in [2.24, 2.45) is 0 Å². The molecule has 0 radical (unpaired) electrons. The van der Waals surface area contributed by atoms with Crippen molar-refractivity contribution in [3.63, 3.8) is 0 Å². The number of nitrogens with one attached hydrogen (secondary N) is 4. The lowest BCUT2D eigenvalue weighted by atomic mass is 9.72. The molecule has 4 unspecified atom stereocenters. The molecule has 81 heavy (non-hydrogen) atoms. The molecule has 4 N–H and O–H groups in total. The normalized spacial score (nSPS) is 25.4. The number of aromatic nitrogens is 4. The van der Waals surface area contributed by atoms with Crippen LogP contribution >= 0.6 is 0 Å². The Morgan fingerprint density at radius 3 is 1.07 bits per heavy atom. The van der Waals surface area contributed by atoms with Crippen molar-refractivity contribution >= 4 is 29.8 Å². The van der Waals surface area contributed by atoms with Crippen LogP contribution in [0.25, 0.3) is 0 Å². The zero-order chi connectivity index (χ0) is 59.0. The van der Waals surface area contributed by atoms with Crippen molar-refractivity contribution in [2.45, 2.75) is 230 Å². The number of carbonyl (C=O) groups is 5. The van der Waals surface area contributed by atoms with E-state index in [-0.39, 0.29) is 74.4 Å². The molecule has 4 aliphatic heterocycles. The van der Waals surface area contributed by atoms with E-state index in [0.29, 0.717) is 73.6 Å². The SMILES string of the molecule is CC1(C)CC(OC(=O)c2ccc(C#Cc3cnc(C(=O)OC4CC(C)(C)NC(C)(CCC5(C)CC(OC(=O)c6ncc(OC(=O)c7ccc(C(=O)OC8CC(C)(C)NC(C)(C)C8)cc7)cn6)CC(C)(C)N5)C4)nc3)cc2)CC(C)(C)N1. The molecule has 4 aromatic rings. The molecule has 0 spiro atoms. The molecular weight excluding hydrogens is 1030 g/mol. The number of carbonyl (C=O) groups excluding carboxylic acids is 5. The average molecular weight is 1110 g/mol. The van der Waals surface area contributed by atoms with Gasteiger partial charge in [-0.3, -0.25) is 0 Å². The molecule has 4 fully saturated rings. The molecule has 8 rings (SSSR count). The Labute approximate surface area is 477 Å². The van der Waals surface area contributed by atoms with Crippen LogP contribution in [0.4, 0.5) is 0 Å². The number of hydrogen-bond donors (Lipinski definition) is 4. The van der Waals surface area contributed by atoms with Gasteiger partial charge in [0.15, 0.2) is 5.75 Å². The van der Waals surface area contributed by atoms with Crippen LogP contribution in [0.3, 0.4) is 0 Å². The van der Waals surface area contributed by atoms with Crippen molar-refractivity contribution in [2.75, 3.05) is 0 Å². The Bertz CT molecular complexity index is 3000. The minimum atomic E-state index is -0.695. The summed E-state index contributed by atoms with van der Waals surface area (Å²) in [6.45, 7) is 29.5. The summed E-state index contributed by atoms with van der Waals surface area (Å²) in [4.78, 5) is 83.1. The van der Waals surface area contributed by atoms with Crippen molar-refractivity contribution in [1.82, 2.24) is 41.2 Å². The molecule has 6 heterocycles. The number of nitrogens with zero attached hydrogens (tertiary/aromatic N) is 4. The number of benzene rings is 2. The highest BCUT2D eigenvalue weighted by molar-refractivity contribution is 5.94. The summed E-state index contributed by atoms with van der Waals surface area (Å²) >= 11 is 0. The Morgan fingerprint density at radius 2 is 0.691 bits per heavy atom. The molecule has 2 aromatic heterocycles. The number of ether oxygens (including phenoxy) is 5.